The Morgan fingerprint density at radius 2 is 1.94 bits per heavy atom. The Kier molecular flexibility index (Phi) is 8.11. The summed E-state index contributed by atoms with van der Waals surface area (Å²) in [5, 5.41) is 16.9. The highest BCUT2D eigenvalue weighted by Gasteiger charge is 2.53. The van der Waals surface area contributed by atoms with E-state index in [1.807, 2.05) is 13.8 Å². The first kappa shape index (κ1) is 24.1. The zero-order valence-corrected chi connectivity index (χ0v) is 17.7. The summed E-state index contributed by atoms with van der Waals surface area (Å²) in [6.07, 6.45) is 0.0680. The van der Waals surface area contributed by atoms with E-state index in [-0.39, 0.29) is 29.2 Å². The first-order valence-corrected chi connectivity index (χ1v) is 9.63. The Bertz CT molecular complexity index is 1030. The molecule has 0 fully saturated rings. The van der Waals surface area contributed by atoms with Gasteiger partial charge >= 0.3 is 12.1 Å². The van der Waals surface area contributed by atoms with Gasteiger partial charge in [0.05, 0.1) is 12.2 Å². The van der Waals surface area contributed by atoms with Crippen molar-refractivity contribution in [3.63, 3.8) is 0 Å². The Balaban J connectivity index is 2.78. The quantitative estimate of drug-likeness (QED) is 0.115. The van der Waals surface area contributed by atoms with Crippen molar-refractivity contribution in [3.05, 3.63) is 65.7 Å². The third-order valence-electron chi connectivity index (χ3n) is 4.52. The number of hydrogen-bond acceptors (Lipinski definition) is 7. The minimum Gasteiger partial charge on any atom is -0.479 e. The molecule has 1 atom stereocenters. The lowest BCUT2D eigenvalue weighted by molar-refractivity contribution is -0.147. The first-order chi connectivity index (χ1) is 15.3. The second-order valence-corrected chi connectivity index (χ2v) is 7.20. The van der Waals surface area contributed by atoms with E-state index < -0.39 is 17.6 Å². The third-order valence-corrected chi connectivity index (χ3v) is 4.52. The zero-order valence-electron chi connectivity index (χ0n) is 17.7. The standard InChI is InChI=1S/C22H25N5O5/c1-15(2)13-32-21(31)27(24)22(20(29)30,19(12-28)16-7-4-3-5-8-16)17-9-6-10-18(11-17)25-14-26-23/h3-11,14-15H,13,23-24H2,1-2H3,(H,25,26)(H,29,30)/t22-/m0/s1. The minimum absolute atomic E-state index is 0.00225. The van der Waals surface area contributed by atoms with Gasteiger partial charge in [0.2, 0.25) is 5.54 Å². The number of nitrogens with zero attached hydrogens (tertiary/aromatic N) is 2. The van der Waals surface area contributed by atoms with Crippen LogP contribution in [-0.2, 0) is 19.9 Å². The monoisotopic (exact) mass is 439 g/mol. The fourth-order valence-corrected chi connectivity index (χ4v) is 3.07. The van der Waals surface area contributed by atoms with Crippen LogP contribution in [-0.4, -0.2) is 41.1 Å². The molecule has 168 valence electrons. The Labute approximate surface area is 185 Å². The molecule has 10 heteroatoms. The zero-order chi connectivity index (χ0) is 23.7. The van der Waals surface area contributed by atoms with Crippen LogP contribution in [0.5, 0.6) is 0 Å². The Morgan fingerprint density at radius 1 is 1.25 bits per heavy atom. The summed E-state index contributed by atoms with van der Waals surface area (Å²) < 4.78 is 5.17. The third kappa shape index (κ3) is 4.94. The lowest BCUT2D eigenvalue weighted by atomic mass is 9.79. The first-order valence-electron chi connectivity index (χ1n) is 9.63. The molecule has 0 unspecified atom stereocenters. The molecule has 2 rings (SSSR count). The number of carboxylic acid groups (broad SMARTS) is 1. The molecule has 0 spiro atoms. The van der Waals surface area contributed by atoms with Crippen LogP contribution in [0.25, 0.3) is 5.57 Å². The van der Waals surface area contributed by atoms with Crippen molar-refractivity contribution in [2.45, 2.75) is 19.4 Å². The lowest BCUT2D eigenvalue weighted by Gasteiger charge is -2.37. The molecule has 2 aromatic carbocycles. The summed E-state index contributed by atoms with van der Waals surface area (Å²) in [5.74, 6) is 11.3. The van der Waals surface area contributed by atoms with Crippen molar-refractivity contribution in [1.82, 2.24) is 5.01 Å². The molecule has 0 saturated heterocycles. The van der Waals surface area contributed by atoms with Gasteiger partial charge in [-0.3, -0.25) is 0 Å². The van der Waals surface area contributed by atoms with Crippen molar-refractivity contribution >= 4 is 35.6 Å². The minimum atomic E-state index is -2.45. The van der Waals surface area contributed by atoms with E-state index in [0.717, 1.165) is 0 Å². The van der Waals surface area contributed by atoms with E-state index in [9.17, 15) is 19.5 Å². The van der Waals surface area contributed by atoms with Crippen LogP contribution in [0, 0.1) is 5.92 Å². The molecular weight excluding hydrogens is 414 g/mol. The van der Waals surface area contributed by atoms with Gasteiger partial charge in [0.1, 0.15) is 12.3 Å². The number of rotatable bonds is 9. The summed E-state index contributed by atoms with van der Waals surface area (Å²) in [6.45, 7) is 3.63. The van der Waals surface area contributed by atoms with Crippen LogP contribution in [0.4, 0.5) is 10.5 Å². The molecule has 0 bridgehead atoms. The number of aliphatic carboxylic acids is 1. The maximum absolute atomic E-state index is 12.8. The summed E-state index contributed by atoms with van der Waals surface area (Å²) in [6, 6.07) is 14.0. The topological polar surface area (TPSA) is 160 Å². The molecule has 10 nitrogen and oxygen atoms in total. The average Bonchev–Trinajstić information content (AvgIpc) is 2.79. The number of hydrazine groups is 1. The Hall–Kier alpha value is -4.14. The van der Waals surface area contributed by atoms with E-state index in [1.54, 1.807) is 30.2 Å². The number of ether oxygens (including phenoxy) is 1. The van der Waals surface area contributed by atoms with Crippen molar-refractivity contribution < 1.29 is 24.2 Å². The molecule has 2 aromatic rings. The number of benzene rings is 2. The number of anilines is 1. The number of amides is 1. The summed E-state index contributed by atoms with van der Waals surface area (Å²) in [4.78, 5) is 37.8. The molecule has 0 aromatic heterocycles. The second kappa shape index (κ2) is 10.8. The van der Waals surface area contributed by atoms with Gasteiger partial charge in [-0.2, -0.15) is 5.10 Å². The molecule has 0 aliphatic heterocycles. The largest absolute Gasteiger partial charge is 0.479 e. The van der Waals surface area contributed by atoms with Crippen LogP contribution < -0.4 is 17.0 Å². The number of carbonyl (C=O) groups is 2. The van der Waals surface area contributed by atoms with E-state index >= 15 is 0 Å². The number of carboxylic acids is 1. The van der Waals surface area contributed by atoms with Gasteiger partial charge in [-0.05, 0) is 29.2 Å². The highest BCUT2D eigenvalue weighted by molar-refractivity contribution is 6.08. The smallest absolute Gasteiger partial charge is 0.425 e. The predicted molar refractivity (Wildman–Crippen MR) is 120 cm³/mol. The Morgan fingerprint density at radius 3 is 2.50 bits per heavy atom. The molecule has 0 radical (unpaired) electrons. The van der Waals surface area contributed by atoms with Gasteiger partial charge < -0.3 is 21.0 Å². The predicted octanol–water partition coefficient (Wildman–Crippen LogP) is 2.16. The van der Waals surface area contributed by atoms with Crippen molar-refractivity contribution in [2.75, 3.05) is 11.9 Å². The fourth-order valence-electron chi connectivity index (χ4n) is 3.07. The normalized spacial score (nSPS) is 12.6. The molecule has 0 aliphatic carbocycles. The summed E-state index contributed by atoms with van der Waals surface area (Å²) in [7, 11) is 0. The maximum atomic E-state index is 12.8. The van der Waals surface area contributed by atoms with E-state index in [1.165, 1.54) is 36.7 Å². The average molecular weight is 439 g/mol. The fraction of sp³-hybridized carbons (Fsp3) is 0.227. The van der Waals surface area contributed by atoms with Crippen LogP contribution >= 0.6 is 0 Å². The second-order valence-electron chi connectivity index (χ2n) is 7.20. The highest BCUT2D eigenvalue weighted by atomic mass is 16.6. The van der Waals surface area contributed by atoms with Crippen LogP contribution in [0.3, 0.4) is 0 Å². The van der Waals surface area contributed by atoms with Crippen LogP contribution in [0.1, 0.15) is 25.0 Å². The number of hydrogen-bond donors (Lipinski definition) is 4. The number of nitrogens with one attached hydrogen (secondary N) is 1. The van der Waals surface area contributed by atoms with Gasteiger partial charge in [-0.25, -0.2) is 25.2 Å². The van der Waals surface area contributed by atoms with E-state index in [2.05, 4.69) is 10.4 Å². The van der Waals surface area contributed by atoms with E-state index in [4.69, 9.17) is 16.4 Å². The molecule has 32 heavy (non-hydrogen) atoms. The maximum Gasteiger partial charge on any atom is 0.425 e. The van der Waals surface area contributed by atoms with Gasteiger partial charge in [0.25, 0.3) is 0 Å². The van der Waals surface area contributed by atoms with Crippen LogP contribution in [0.15, 0.2) is 59.7 Å². The van der Waals surface area contributed by atoms with Crippen molar-refractivity contribution in [2.24, 2.45) is 22.7 Å². The SMILES string of the molecule is CC(C)COC(=O)N(N)[C@](C(=O)O)(C(=C=O)c1ccccc1)c1cccc(NC=NN)c1. The molecule has 0 heterocycles. The number of nitrogens with two attached hydrogens (primary N) is 2. The van der Waals surface area contributed by atoms with Crippen LogP contribution in [0.2, 0.25) is 0 Å². The summed E-state index contributed by atoms with van der Waals surface area (Å²) in [5.41, 5.74) is -2.20. The summed E-state index contributed by atoms with van der Waals surface area (Å²) >= 11 is 0. The van der Waals surface area contributed by atoms with E-state index in [0.29, 0.717) is 10.7 Å². The molecular formula is C22H25N5O5. The van der Waals surface area contributed by atoms with Crippen molar-refractivity contribution in [3.8, 4) is 0 Å². The lowest BCUT2D eigenvalue weighted by Crippen LogP contribution is -2.59. The highest BCUT2D eigenvalue weighted by Crippen LogP contribution is 2.40. The molecule has 0 aliphatic rings. The number of hydrazone groups is 1. The molecule has 1 amide bonds. The molecule has 0 saturated carbocycles. The van der Waals surface area contributed by atoms with Gasteiger partial charge in [-0.15, -0.1) is 0 Å². The molecule has 6 N–H and O–H groups in total. The number of carbonyl (C=O) groups excluding carboxylic acids is 2. The van der Waals surface area contributed by atoms with Gasteiger partial charge in [0.15, 0.2) is 0 Å². The van der Waals surface area contributed by atoms with Crippen molar-refractivity contribution in [1.29, 1.82) is 0 Å². The van der Waals surface area contributed by atoms with Gasteiger partial charge in [-0.1, -0.05) is 56.3 Å². The van der Waals surface area contributed by atoms with Gasteiger partial charge in [0, 0.05) is 5.69 Å².